The molecule has 3 heteroatoms. The fraction of sp³-hybridized carbons (Fsp3) is 0.0435. The summed E-state index contributed by atoms with van der Waals surface area (Å²) in [7, 11) is 0. The van der Waals surface area contributed by atoms with Gasteiger partial charge >= 0.3 is 0 Å². The van der Waals surface area contributed by atoms with Crippen LogP contribution in [0.15, 0.2) is 248 Å². The van der Waals surface area contributed by atoms with E-state index < -0.39 is 0 Å². The van der Waals surface area contributed by atoms with Crippen LogP contribution in [0.25, 0.3) is 111 Å². The maximum Gasteiger partial charge on any atom is 0.160 e. The molecule has 0 bridgehead atoms. The fourth-order valence-corrected chi connectivity index (χ4v) is 12.4. The zero-order chi connectivity index (χ0) is 47.9. The van der Waals surface area contributed by atoms with Crippen molar-refractivity contribution in [2.75, 3.05) is 0 Å². The Morgan fingerprint density at radius 1 is 0.347 bits per heavy atom. The van der Waals surface area contributed by atoms with Crippen molar-refractivity contribution in [1.29, 1.82) is 0 Å². The molecule has 0 aliphatic heterocycles. The van der Waals surface area contributed by atoms with Gasteiger partial charge in [0.1, 0.15) is 11.2 Å². The zero-order valence-electron chi connectivity index (χ0n) is 39.6. The van der Waals surface area contributed by atoms with Crippen LogP contribution in [0.2, 0.25) is 0 Å². The topological polar surface area (TPSA) is 38.9 Å². The van der Waals surface area contributed by atoms with E-state index in [4.69, 9.17) is 14.4 Å². The Morgan fingerprint density at radius 3 is 1.62 bits per heavy atom. The highest BCUT2D eigenvalue weighted by Gasteiger charge is 2.51. The molecule has 1 spiro atoms. The van der Waals surface area contributed by atoms with Crippen LogP contribution in [-0.4, -0.2) is 9.97 Å². The molecule has 0 fully saturated rings. The first-order valence-corrected chi connectivity index (χ1v) is 24.8. The van der Waals surface area contributed by atoms with Gasteiger partial charge in [-0.15, -0.1) is 13.2 Å². The highest BCUT2D eigenvalue weighted by atomic mass is 16.3. The summed E-state index contributed by atoms with van der Waals surface area (Å²) in [5, 5.41) is 2.09. The van der Waals surface area contributed by atoms with Crippen molar-refractivity contribution < 1.29 is 4.42 Å². The van der Waals surface area contributed by atoms with Crippen LogP contribution < -0.4 is 0 Å². The molecule has 72 heavy (non-hydrogen) atoms. The lowest BCUT2D eigenvalue weighted by atomic mass is 9.70. The molecule has 0 unspecified atom stereocenters. The van der Waals surface area contributed by atoms with E-state index in [1.165, 1.54) is 66.8 Å². The third kappa shape index (κ3) is 6.17. The van der Waals surface area contributed by atoms with E-state index in [2.05, 4.69) is 244 Å². The number of rotatable bonds is 5. The number of furan rings is 1. The first kappa shape index (κ1) is 41.8. The Hall–Kier alpha value is -9.18. The summed E-state index contributed by atoms with van der Waals surface area (Å²) >= 11 is 0. The molecule has 0 amide bonds. The maximum absolute atomic E-state index is 6.72. The molecule has 3 aliphatic carbocycles. The van der Waals surface area contributed by atoms with Gasteiger partial charge in [0, 0.05) is 27.5 Å². The largest absolute Gasteiger partial charge is 0.456 e. The molecule has 3 aliphatic rings. The smallest absolute Gasteiger partial charge is 0.160 e. The molecule has 10 aromatic carbocycles. The molecule has 0 atom stereocenters. The molecular formula is C69H46N2O. The van der Waals surface area contributed by atoms with Gasteiger partial charge in [0.05, 0.1) is 16.8 Å². The quantitative estimate of drug-likeness (QED) is 0.162. The Labute approximate surface area is 419 Å². The van der Waals surface area contributed by atoms with Crippen LogP contribution in [0, 0.1) is 0 Å². The van der Waals surface area contributed by atoms with Gasteiger partial charge in [0.2, 0.25) is 0 Å². The summed E-state index contributed by atoms with van der Waals surface area (Å²) < 4.78 is 6.72. The summed E-state index contributed by atoms with van der Waals surface area (Å²) in [6, 6.07) is 84.1. The molecule has 15 rings (SSSR count). The standard InChI is InChI=1S/C67H42N2O.C2H4/c1-2-15-41(16-3-1)44-19-12-20-47(37-44)66-68-60(52-25-13-18-43-32-31-42-17-4-5-21-48(42)64(43)52)40-61(69-66)53-26-14-30-63-65(53)55-39-46(34-36-62(55)70-63)45-33-35-59-54(38-45)51-24-8-11-29-58(51)67(59)56-27-9-6-22-49(56)50-23-7-10-28-57(50)67;1-2/h1-30,33-40H,31-32H2;1-2H2. The minimum atomic E-state index is -0.377. The lowest BCUT2D eigenvalue weighted by molar-refractivity contribution is 0.669. The summed E-state index contributed by atoms with van der Waals surface area (Å²) in [5.41, 5.74) is 26.5. The second-order valence-corrected chi connectivity index (χ2v) is 19.0. The number of benzene rings is 10. The minimum Gasteiger partial charge on any atom is -0.456 e. The highest BCUT2D eigenvalue weighted by molar-refractivity contribution is 6.13. The predicted molar refractivity (Wildman–Crippen MR) is 297 cm³/mol. The molecular weight excluding hydrogens is 873 g/mol. The molecule has 3 nitrogen and oxygen atoms in total. The molecule has 0 saturated carbocycles. The highest BCUT2D eigenvalue weighted by Crippen LogP contribution is 2.63. The normalized spacial score (nSPS) is 13.1. The predicted octanol–water partition coefficient (Wildman–Crippen LogP) is 17.6. The Kier molecular flexibility index (Phi) is 9.56. The van der Waals surface area contributed by atoms with Gasteiger partial charge in [0.15, 0.2) is 5.82 Å². The van der Waals surface area contributed by atoms with Crippen molar-refractivity contribution in [3.63, 3.8) is 0 Å². The first-order valence-electron chi connectivity index (χ1n) is 24.8. The van der Waals surface area contributed by atoms with E-state index >= 15 is 0 Å². The first-order chi connectivity index (χ1) is 35.7. The molecule has 2 heterocycles. The molecule has 2 aromatic heterocycles. The molecule has 0 radical (unpaired) electrons. The Bertz CT molecular complexity index is 4110. The van der Waals surface area contributed by atoms with Crippen LogP contribution >= 0.6 is 0 Å². The number of fused-ring (bicyclic) bond motifs is 16. The van der Waals surface area contributed by atoms with E-state index in [0.29, 0.717) is 5.82 Å². The van der Waals surface area contributed by atoms with Crippen LogP contribution in [0.5, 0.6) is 0 Å². The minimum absolute atomic E-state index is 0.377. The van der Waals surface area contributed by atoms with Crippen molar-refractivity contribution in [3.05, 3.63) is 277 Å². The van der Waals surface area contributed by atoms with Gasteiger partial charge in [0.25, 0.3) is 0 Å². The third-order valence-electron chi connectivity index (χ3n) is 15.4. The SMILES string of the molecule is C=C.c1ccc(-c2cccc(-c3nc(-c4cccc5c4-c4ccccc4CC5)cc(-c4cccc5oc6ccc(-c7ccc8c(c7)-c7ccccc7C87c8ccccc8-c8ccccc87)cc6c45)n3)c2)cc1. The summed E-state index contributed by atoms with van der Waals surface area (Å²) in [6.07, 6.45) is 2.02. The van der Waals surface area contributed by atoms with Crippen molar-refractivity contribution in [3.8, 4) is 89.5 Å². The number of hydrogen-bond acceptors (Lipinski definition) is 3. The zero-order valence-corrected chi connectivity index (χ0v) is 39.6. The van der Waals surface area contributed by atoms with Gasteiger partial charge in [-0.1, -0.05) is 194 Å². The number of hydrogen-bond donors (Lipinski definition) is 0. The van der Waals surface area contributed by atoms with Crippen LogP contribution in [0.3, 0.4) is 0 Å². The van der Waals surface area contributed by atoms with E-state index in [-0.39, 0.29) is 5.41 Å². The van der Waals surface area contributed by atoms with Gasteiger partial charge in [-0.05, 0) is 138 Å². The molecule has 12 aromatic rings. The second kappa shape index (κ2) is 16.5. The number of aromatic nitrogens is 2. The van der Waals surface area contributed by atoms with Crippen molar-refractivity contribution in [1.82, 2.24) is 9.97 Å². The average molecular weight is 919 g/mol. The van der Waals surface area contributed by atoms with E-state index in [0.717, 1.165) is 85.1 Å². The van der Waals surface area contributed by atoms with Crippen LogP contribution in [-0.2, 0) is 18.3 Å². The molecule has 0 N–H and O–H groups in total. The van der Waals surface area contributed by atoms with Crippen molar-refractivity contribution in [2.45, 2.75) is 18.3 Å². The summed E-state index contributed by atoms with van der Waals surface area (Å²) in [4.78, 5) is 10.9. The number of nitrogens with zero attached hydrogens (tertiary/aromatic N) is 2. The van der Waals surface area contributed by atoms with Crippen molar-refractivity contribution in [2.24, 2.45) is 0 Å². The van der Waals surface area contributed by atoms with Crippen LogP contribution in [0.1, 0.15) is 33.4 Å². The molecule has 0 saturated heterocycles. The maximum atomic E-state index is 6.72. The summed E-state index contributed by atoms with van der Waals surface area (Å²) in [6.45, 7) is 6.00. The summed E-state index contributed by atoms with van der Waals surface area (Å²) in [5.74, 6) is 0.682. The van der Waals surface area contributed by atoms with E-state index in [9.17, 15) is 0 Å². The van der Waals surface area contributed by atoms with Crippen LogP contribution in [0.4, 0.5) is 0 Å². The van der Waals surface area contributed by atoms with Gasteiger partial charge in [-0.3, -0.25) is 0 Å². The third-order valence-corrected chi connectivity index (χ3v) is 15.4. The average Bonchev–Trinajstić information content (AvgIpc) is 4.10. The lowest BCUT2D eigenvalue weighted by Crippen LogP contribution is -2.25. The van der Waals surface area contributed by atoms with Gasteiger partial charge in [-0.2, -0.15) is 0 Å². The van der Waals surface area contributed by atoms with E-state index in [1.807, 2.05) is 0 Å². The monoisotopic (exact) mass is 918 g/mol. The van der Waals surface area contributed by atoms with E-state index in [1.54, 1.807) is 0 Å². The lowest BCUT2D eigenvalue weighted by Gasteiger charge is -2.30. The second-order valence-electron chi connectivity index (χ2n) is 19.0. The Morgan fingerprint density at radius 2 is 0.861 bits per heavy atom. The molecule has 338 valence electrons. The fourth-order valence-electron chi connectivity index (χ4n) is 12.4. The Balaban J connectivity index is 0.00000238. The number of aryl methyl sites for hydroxylation is 2. The van der Waals surface area contributed by atoms with Gasteiger partial charge < -0.3 is 4.42 Å². The van der Waals surface area contributed by atoms with Crippen molar-refractivity contribution >= 4 is 21.9 Å². The van der Waals surface area contributed by atoms with Gasteiger partial charge in [-0.25, -0.2) is 9.97 Å².